The molecule has 0 spiro atoms. The zero-order valence-electron chi connectivity index (χ0n) is 12.1. The molecule has 0 bridgehead atoms. The van der Waals surface area contributed by atoms with E-state index >= 15 is 0 Å². The lowest BCUT2D eigenvalue weighted by Crippen LogP contribution is -2.52. The molecule has 2 saturated heterocycles. The van der Waals surface area contributed by atoms with Crippen LogP contribution in [0.2, 0.25) is 0 Å². The molecule has 3 rings (SSSR count). The minimum atomic E-state index is -0.299. The Morgan fingerprint density at radius 1 is 1.05 bits per heavy atom. The van der Waals surface area contributed by atoms with Gasteiger partial charge in [0.1, 0.15) is 6.04 Å². The lowest BCUT2D eigenvalue weighted by Gasteiger charge is -2.37. The van der Waals surface area contributed by atoms with Crippen LogP contribution < -0.4 is 0 Å². The van der Waals surface area contributed by atoms with E-state index in [0.717, 1.165) is 32.2 Å². The molecule has 5 nitrogen and oxygen atoms in total. The van der Waals surface area contributed by atoms with Crippen LogP contribution in [0, 0.1) is 11.8 Å². The summed E-state index contributed by atoms with van der Waals surface area (Å²) in [5.41, 5.74) is 0. The second-order valence-electron chi connectivity index (χ2n) is 6.58. The third kappa shape index (κ3) is 2.55. The van der Waals surface area contributed by atoms with Crippen molar-refractivity contribution >= 4 is 11.8 Å². The zero-order valence-corrected chi connectivity index (χ0v) is 12.1. The molecular weight excluding hydrogens is 256 g/mol. The van der Waals surface area contributed by atoms with Gasteiger partial charge in [-0.05, 0) is 38.0 Å². The Balaban J connectivity index is 1.65. The van der Waals surface area contributed by atoms with E-state index in [4.69, 9.17) is 0 Å². The molecule has 3 fully saturated rings. The normalized spacial score (nSPS) is 34.4. The van der Waals surface area contributed by atoms with Crippen molar-refractivity contribution in [1.29, 1.82) is 0 Å². The highest BCUT2D eigenvalue weighted by molar-refractivity contribution is 5.90. The Hall–Kier alpha value is -1.10. The molecule has 3 unspecified atom stereocenters. The van der Waals surface area contributed by atoms with Crippen molar-refractivity contribution in [2.75, 3.05) is 19.6 Å². The van der Waals surface area contributed by atoms with Gasteiger partial charge in [-0.25, -0.2) is 0 Å². The highest BCUT2D eigenvalue weighted by Crippen LogP contribution is 2.34. The molecule has 0 aromatic carbocycles. The van der Waals surface area contributed by atoms with Crippen LogP contribution in [-0.2, 0) is 9.59 Å². The number of hydrogen-bond donors (Lipinski definition) is 1. The van der Waals surface area contributed by atoms with Gasteiger partial charge in [-0.1, -0.05) is 6.92 Å². The number of piperidine rings is 1. The molecule has 112 valence electrons. The lowest BCUT2D eigenvalue weighted by atomic mass is 9.96. The molecule has 0 radical (unpaired) electrons. The quantitative estimate of drug-likeness (QED) is 0.806. The van der Waals surface area contributed by atoms with Crippen molar-refractivity contribution in [3.8, 4) is 0 Å². The minimum absolute atomic E-state index is 0.0928. The Kier molecular flexibility index (Phi) is 3.71. The van der Waals surface area contributed by atoms with Gasteiger partial charge >= 0.3 is 0 Å². The number of carbonyl (C=O) groups is 2. The third-order valence-electron chi connectivity index (χ3n) is 4.92. The summed E-state index contributed by atoms with van der Waals surface area (Å²) < 4.78 is 0. The van der Waals surface area contributed by atoms with Crippen molar-refractivity contribution < 1.29 is 14.7 Å². The fourth-order valence-corrected chi connectivity index (χ4v) is 3.40. The lowest BCUT2D eigenvalue weighted by molar-refractivity contribution is -0.146. The average Bonchev–Trinajstić information content (AvgIpc) is 3.17. The number of carbonyl (C=O) groups excluding carboxylic acids is 2. The van der Waals surface area contributed by atoms with Crippen LogP contribution in [0.1, 0.15) is 39.0 Å². The Morgan fingerprint density at radius 3 is 2.45 bits per heavy atom. The van der Waals surface area contributed by atoms with Crippen molar-refractivity contribution in [1.82, 2.24) is 9.80 Å². The smallest absolute Gasteiger partial charge is 0.245 e. The van der Waals surface area contributed by atoms with Gasteiger partial charge in [0.15, 0.2) is 0 Å². The number of aliphatic hydroxyl groups excluding tert-OH is 1. The van der Waals surface area contributed by atoms with Crippen molar-refractivity contribution in [2.24, 2.45) is 11.8 Å². The zero-order chi connectivity index (χ0) is 14.3. The van der Waals surface area contributed by atoms with E-state index in [2.05, 4.69) is 0 Å². The van der Waals surface area contributed by atoms with E-state index in [1.165, 1.54) is 0 Å². The monoisotopic (exact) mass is 280 g/mol. The molecular formula is C15H24N2O3. The van der Waals surface area contributed by atoms with Crippen LogP contribution in [0.4, 0.5) is 0 Å². The van der Waals surface area contributed by atoms with E-state index in [-0.39, 0.29) is 35.8 Å². The summed E-state index contributed by atoms with van der Waals surface area (Å²) in [7, 11) is 0. The molecule has 5 heteroatoms. The molecule has 20 heavy (non-hydrogen) atoms. The van der Waals surface area contributed by atoms with Gasteiger partial charge in [0.2, 0.25) is 11.8 Å². The molecule has 0 aromatic rings. The Morgan fingerprint density at radius 2 is 1.80 bits per heavy atom. The van der Waals surface area contributed by atoms with E-state index in [0.29, 0.717) is 19.5 Å². The molecule has 3 atom stereocenters. The fraction of sp³-hybridized carbons (Fsp3) is 0.867. The summed E-state index contributed by atoms with van der Waals surface area (Å²) in [6.07, 6.45) is 4.06. The molecule has 2 aliphatic heterocycles. The van der Waals surface area contributed by atoms with Gasteiger partial charge in [-0.3, -0.25) is 9.59 Å². The van der Waals surface area contributed by atoms with Crippen LogP contribution in [-0.4, -0.2) is 58.5 Å². The van der Waals surface area contributed by atoms with Gasteiger partial charge in [-0.15, -0.1) is 0 Å². The summed E-state index contributed by atoms with van der Waals surface area (Å²) in [5, 5.41) is 9.76. The van der Waals surface area contributed by atoms with Crippen LogP contribution in [0.15, 0.2) is 0 Å². The minimum Gasteiger partial charge on any atom is -0.393 e. The maximum absolute atomic E-state index is 12.7. The van der Waals surface area contributed by atoms with E-state index in [1.54, 1.807) is 0 Å². The fourth-order valence-electron chi connectivity index (χ4n) is 3.40. The number of amides is 2. The number of nitrogens with zero attached hydrogens (tertiary/aromatic N) is 2. The highest BCUT2D eigenvalue weighted by Gasteiger charge is 2.42. The summed E-state index contributed by atoms with van der Waals surface area (Å²) in [6.45, 7) is 3.94. The topological polar surface area (TPSA) is 60.9 Å². The molecule has 1 saturated carbocycles. The van der Waals surface area contributed by atoms with Gasteiger partial charge < -0.3 is 14.9 Å². The molecule has 2 heterocycles. The van der Waals surface area contributed by atoms with Crippen LogP contribution in [0.3, 0.4) is 0 Å². The summed E-state index contributed by atoms with van der Waals surface area (Å²) >= 11 is 0. The second kappa shape index (κ2) is 5.35. The van der Waals surface area contributed by atoms with Gasteiger partial charge in [0, 0.05) is 25.6 Å². The highest BCUT2D eigenvalue weighted by atomic mass is 16.3. The van der Waals surface area contributed by atoms with E-state index in [1.807, 2.05) is 16.7 Å². The first-order chi connectivity index (χ1) is 9.58. The molecule has 3 aliphatic rings. The van der Waals surface area contributed by atoms with Crippen LogP contribution in [0.5, 0.6) is 0 Å². The molecule has 1 aliphatic carbocycles. The standard InChI is InChI=1S/C15H24N2O3/c1-10-9-16(8-6-13(10)18)15(20)12-3-2-7-17(12)14(19)11-4-5-11/h10-13,18H,2-9H2,1H3. The number of likely N-dealkylation sites (tertiary alicyclic amines) is 2. The summed E-state index contributed by atoms with van der Waals surface area (Å²) in [6, 6.07) is -0.245. The maximum Gasteiger partial charge on any atom is 0.245 e. The van der Waals surface area contributed by atoms with E-state index < -0.39 is 0 Å². The Bertz CT molecular complexity index is 408. The molecule has 2 amide bonds. The maximum atomic E-state index is 12.7. The Labute approximate surface area is 119 Å². The predicted octanol–water partition coefficient (Wildman–Crippen LogP) is 0.617. The van der Waals surface area contributed by atoms with Gasteiger partial charge in [-0.2, -0.15) is 0 Å². The SMILES string of the molecule is CC1CN(C(=O)C2CCCN2C(=O)C2CC2)CCC1O. The predicted molar refractivity (Wildman–Crippen MR) is 73.8 cm³/mol. The van der Waals surface area contributed by atoms with Crippen LogP contribution in [0.25, 0.3) is 0 Å². The average molecular weight is 280 g/mol. The first-order valence-electron chi connectivity index (χ1n) is 7.85. The number of hydrogen-bond acceptors (Lipinski definition) is 3. The summed E-state index contributed by atoms with van der Waals surface area (Å²) in [5.74, 6) is 0.591. The van der Waals surface area contributed by atoms with Crippen molar-refractivity contribution in [2.45, 2.75) is 51.2 Å². The van der Waals surface area contributed by atoms with E-state index in [9.17, 15) is 14.7 Å². The van der Waals surface area contributed by atoms with Gasteiger partial charge in [0.05, 0.1) is 6.10 Å². The van der Waals surface area contributed by atoms with Crippen LogP contribution >= 0.6 is 0 Å². The van der Waals surface area contributed by atoms with Crippen molar-refractivity contribution in [3.05, 3.63) is 0 Å². The molecule has 0 aromatic heterocycles. The van der Waals surface area contributed by atoms with Crippen molar-refractivity contribution in [3.63, 3.8) is 0 Å². The first-order valence-corrected chi connectivity index (χ1v) is 7.85. The second-order valence-corrected chi connectivity index (χ2v) is 6.58. The number of aliphatic hydroxyl groups is 1. The third-order valence-corrected chi connectivity index (χ3v) is 4.92. The first kappa shape index (κ1) is 13.9. The largest absolute Gasteiger partial charge is 0.393 e. The molecule has 1 N–H and O–H groups in total. The van der Waals surface area contributed by atoms with Gasteiger partial charge in [0.25, 0.3) is 0 Å². The number of rotatable bonds is 2. The summed E-state index contributed by atoms with van der Waals surface area (Å²) in [4.78, 5) is 28.6.